The van der Waals surface area contributed by atoms with Crippen LogP contribution in [-0.4, -0.2) is 69.7 Å². The highest BCUT2D eigenvalue weighted by Gasteiger charge is 2.27. The van der Waals surface area contributed by atoms with Crippen molar-refractivity contribution in [2.45, 2.75) is 66.2 Å². The SMILES string of the molecule is CCNC(=NCc1nccn1C(F)F)N1CCC(CN(CC)C(=O)OC(C)(C)C)CC1.I. The number of hydrogen-bond donors (Lipinski definition) is 1. The van der Waals surface area contributed by atoms with Gasteiger partial charge >= 0.3 is 12.6 Å². The summed E-state index contributed by atoms with van der Waals surface area (Å²) in [7, 11) is 0. The minimum Gasteiger partial charge on any atom is -0.444 e. The smallest absolute Gasteiger partial charge is 0.410 e. The Kier molecular flexibility index (Phi) is 11.7. The number of ether oxygens (including phenoxy) is 1. The molecular formula is C21H37F2IN6O2. The van der Waals surface area contributed by atoms with Gasteiger partial charge in [0.25, 0.3) is 0 Å². The number of piperidine rings is 1. The maximum atomic E-state index is 13.0. The van der Waals surface area contributed by atoms with Gasteiger partial charge in [-0.15, -0.1) is 24.0 Å². The minimum absolute atomic E-state index is 0. The van der Waals surface area contributed by atoms with E-state index in [0.717, 1.165) is 30.5 Å². The van der Waals surface area contributed by atoms with Gasteiger partial charge < -0.3 is 19.9 Å². The van der Waals surface area contributed by atoms with Crippen molar-refractivity contribution < 1.29 is 18.3 Å². The second-order valence-electron chi connectivity index (χ2n) is 8.65. The number of carbonyl (C=O) groups excluding carboxylic acids is 1. The normalized spacial score (nSPS) is 15.5. The predicted octanol–water partition coefficient (Wildman–Crippen LogP) is 4.33. The molecule has 0 radical (unpaired) electrons. The molecule has 1 N–H and O–H groups in total. The highest BCUT2D eigenvalue weighted by atomic mass is 127. The Labute approximate surface area is 206 Å². The molecule has 0 unspecified atom stereocenters. The molecule has 1 aromatic heterocycles. The minimum atomic E-state index is -2.63. The Bertz CT molecular complexity index is 730. The Morgan fingerprint density at radius 3 is 2.53 bits per heavy atom. The fourth-order valence-corrected chi connectivity index (χ4v) is 3.51. The first-order valence-electron chi connectivity index (χ1n) is 11.0. The molecule has 184 valence electrons. The van der Waals surface area contributed by atoms with Crippen molar-refractivity contribution >= 4 is 36.0 Å². The molecule has 0 saturated carbocycles. The quantitative estimate of drug-likeness (QED) is 0.300. The van der Waals surface area contributed by atoms with Gasteiger partial charge in [0.15, 0.2) is 5.96 Å². The molecular weight excluding hydrogens is 533 g/mol. The number of alkyl halides is 2. The van der Waals surface area contributed by atoms with E-state index in [9.17, 15) is 13.6 Å². The van der Waals surface area contributed by atoms with Crippen LogP contribution in [0, 0.1) is 5.92 Å². The summed E-state index contributed by atoms with van der Waals surface area (Å²) in [6.07, 6.45) is 4.17. The standard InChI is InChI=1S/C21H36F2N6O2.HI/c1-6-24-19(26-14-17-25-10-13-29(17)18(22)23)28-11-8-16(9-12-28)15-27(7-2)20(30)31-21(3,4)5;/h10,13,16,18H,6-9,11-12,14-15H2,1-5H3,(H,24,26);1H. The number of carbonyl (C=O) groups is 1. The van der Waals surface area contributed by atoms with Gasteiger partial charge in [-0.1, -0.05) is 0 Å². The lowest BCUT2D eigenvalue weighted by molar-refractivity contribution is 0.0214. The van der Waals surface area contributed by atoms with Crippen molar-refractivity contribution in [3.63, 3.8) is 0 Å². The number of aromatic nitrogens is 2. The van der Waals surface area contributed by atoms with Crippen molar-refractivity contribution in [2.75, 3.05) is 32.7 Å². The molecule has 32 heavy (non-hydrogen) atoms. The highest BCUT2D eigenvalue weighted by Crippen LogP contribution is 2.20. The van der Waals surface area contributed by atoms with E-state index in [1.54, 1.807) is 4.90 Å². The maximum Gasteiger partial charge on any atom is 0.410 e. The summed E-state index contributed by atoms with van der Waals surface area (Å²) in [4.78, 5) is 24.8. The summed E-state index contributed by atoms with van der Waals surface area (Å²) in [6, 6.07) is 0. The van der Waals surface area contributed by atoms with Crippen molar-refractivity contribution in [1.29, 1.82) is 0 Å². The van der Waals surface area contributed by atoms with Gasteiger partial charge in [-0.2, -0.15) is 8.78 Å². The van der Waals surface area contributed by atoms with Crippen LogP contribution < -0.4 is 5.32 Å². The average molecular weight is 570 g/mol. The second-order valence-corrected chi connectivity index (χ2v) is 8.65. The molecule has 1 aromatic rings. The van der Waals surface area contributed by atoms with Crippen LogP contribution in [0.4, 0.5) is 13.6 Å². The van der Waals surface area contributed by atoms with E-state index in [1.807, 2.05) is 34.6 Å². The molecule has 0 aliphatic carbocycles. The fraction of sp³-hybridized carbons (Fsp3) is 0.762. The summed E-state index contributed by atoms with van der Waals surface area (Å²) in [5, 5.41) is 3.24. The van der Waals surface area contributed by atoms with E-state index in [4.69, 9.17) is 4.74 Å². The third kappa shape index (κ3) is 8.70. The molecule has 1 aliphatic heterocycles. The average Bonchev–Trinajstić information content (AvgIpc) is 3.17. The van der Waals surface area contributed by atoms with Gasteiger partial charge in [0, 0.05) is 45.1 Å². The molecule has 0 spiro atoms. The van der Waals surface area contributed by atoms with Crippen LogP contribution in [0.25, 0.3) is 0 Å². The molecule has 1 amide bonds. The predicted molar refractivity (Wildman–Crippen MR) is 131 cm³/mol. The van der Waals surface area contributed by atoms with E-state index in [-0.39, 0.29) is 42.4 Å². The second kappa shape index (κ2) is 13.1. The van der Waals surface area contributed by atoms with E-state index in [2.05, 4.69) is 20.2 Å². The Hall–Kier alpha value is -1.66. The zero-order chi connectivity index (χ0) is 23.0. The number of likely N-dealkylation sites (tertiary alicyclic amines) is 1. The molecule has 0 aromatic carbocycles. The van der Waals surface area contributed by atoms with Crippen LogP contribution in [0.5, 0.6) is 0 Å². The third-order valence-electron chi connectivity index (χ3n) is 5.09. The van der Waals surface area contributed by atoms with Gasteiger partial charge in [0.05, 0.1) is 0 Å². The van der Waals surface area contributed by atoms with Crippen molar-refractivity contribution in [3.05, 3.63) is 18.2 Å². The van der Waals surface area contributed by atoms with Crippen LogP contribution in [0.2, 0.25) is 0 Å². The number of halogens is 3. The first-order chi connectivity index (χ1) is 14.6. The van der Waals surface area contributed by atoms with Crippen molar-refractivity contribution in [1.82, 2.24) is 24.7 Å². The molecule has 0 atom stereocenters. The van der Waals surface area contributed by atoms with Gasteiger partial charge in [-0.25, -0.2) is 14.8 Å². The van der Waals surface area contributed by atoms with Crippen LogP contribution in [-0.2, 0) is 11.3 Å². The summed E-state index contributed by atoms with van der Waals surface area (Å²) in [5.41, 5.74) is -0.510. The van der Waals surface area contributed by atoms with E-state index >= 15 is 0 Å². The molecule has 2 heterocycles. The summed E-state index contributed by atoms with van der Waals surface area (Å²) in [6.45, 7) is 10.5. The lowest BCUT2D eigenvalue weighted by Crippen LogP contribution is -2.47. The largest absolute Gasteiger partial charge is 0.444 e. The number of imidazole rings is 1. The topological polar surface area (TPSA) is 75.0 Å². The zero-order valence-electron chi connectivity index (χ0n) is 19.7. The number of rotatable bonds is 7. The van der Waals surface area contributed by atoms with E-state index in [0.29, 0.717) is 31.5 Å². The van der Waals surface area contributed by atoms with Crippen LogP contribution >= 0.6 is 24.0 Å². The van der Waals surface area contributed by atoms with Crippen LogP contribution in [0.15, 0.2) is 17.4 Å². The summed E-state index contributed by atoms with van der Waals surface area (Å²) in [5.74, 6) is 1.31. The maximum absolute atomic E-state index is 13.0. The molecule has 1 saturated heterocycles. The third-order valence-corrected chi connectivity index (χ3v) is 5.09. The number of aliphatic imine (C=N–C) groups is 1. The Morgan fingerprint density at radius 2 is 2.00 bits per heavy atom. The summed E-state index contributed by atoms with van der Waals surface area (Å²) < 4.78 is 32.4. The monoisotopic (exact) mass is 570 g/mol. The van der Waals surface area contributed by atoms with Gasteiger partial charge in [0.2, 0.25) is 0 Å². The van der Waals surface area contributed by atoms with Crippen LogP contribution in [0.1, 0.15) is 59.8 Å². The molecule has 11 heteroatoms. The number of amides is 1. The molecule has 1 fully saturated rings. The number of guanidine groups is 1. The summed E-state index contributed by atoms with van der Waals surface area (Å²) >= 11 is 0. The van der Waals surface area contributed by atoms with Crippen molar-refractivity contribution in [3.8, 4) is 0 Å². The first kappa shape index (κ1) is 28.4. The Balaban J connectivity index is 0.00000512. The number of hydrogen-bond acceptors (Lipinski definition) is 4. The fourth-order valence-electron chi connectivity index (χ4n) is 3.51. The highest BCUT2D eigenvalue weighted by molar-refractivity contribution is 14.0. The van der Waals surface area contributed by atoms with Gasteiger partial charge in [0.1, 0.15) is 18.0 Å². The van der Waals surface area contributed by atoms with Gasteiger partial charge in [-0.05, 0) is 53.4 Å². The molecule has 2 rings (SSSR count). The molecule has 0 bridgehead atoms. The zero-order valence-corrected chi connectivity index (χ0v) is 22.0. The molecule has 8 nitrogen and oxygen atoms in total. The number of nitrogens with zero attached hydrogens (tertiary/aromatic N) is 5. The van der Waals surface area contributed by atoms with E-state index in [1.165, 1.54) is 12.4 Å². The lowest BCUT2D eigenvalue weighted by Gasteiger charge is -2.36. The van der Waals surface area contributed by atoms with Crippen molar-refractivity contribution in [2.24, 2.45) is 10.9 Å². The first-order valence-corrected chi connectivity index (χ1v) is 11.0. The van der Waals surface area contributed by atoms with Gasteiger partial charge in [-0.3, -0.25) is 4.57 Å². The number of nitrogens with one attached hydrogen (secondary N) is 1. The van der Waals surface area contributed by atoms with Crippen LogP contribution in [0.3, 0.4) is 0 Å². The van der Waals surface area contributed by atoms with E-state index < -0.39 is 12.2 Å². The lowest BCUT2D eigenvalue weighted by atomic mass is 9.96. The molecule has 1 aliphatic rings. The Morgan fingerprint density at radius 1 is 1.34 bits per heavy atom.